The van der Waals surface area contributed by atoms with Crippen LogP contribution in [0.3, 0.4) is 0 Å². The molecule has 3 N–H and O–H groups in total. The summed E-state index contributed by atoms with van der Waals surface area (Å²) >= 11 is 6.08. The van der Waals surface area contributed by atoms with E-state index in [1.54, 1.807) is 19.2 Å². The average Bonchev–Trinajstić information content (AvgIpc) is 2.53. The molecule has 6 nitrogen and oxygen atoms in total. The molecule has 0 aliphatic carbocycles. The van der Waals surface area contributed by atoms with Crippen molar-refractivity contribution < 1.29 is 9.47 Å². The molecule has 2 rings (SSSR count). The topological polar surface area (TPSA) is 72.1 Å². The number of anilines is 1. The number of guanidine groups is 1. The van der Waals surface area contributed by atoms with Gasteiger partial charge in [0.2, 0.25) is 0 Å². The first kappa shape index (κ1) is 20.3. The summed E-state index contributed by atoms with van der Waals surface area (Å²) in [5.74, 6) is 1.00. The minimum atomic E-state index is 0. The molecule has 1 aliphatic heterocycles. The molecule has 0 amide bonds. The Balaban J connectivity index is 0.00000264. The summed E-state index contributed by atoms with van der Waals surface area (Å²) < 4.78 is 10.5. The van der Waals surface area contributed by atoms with Gasteiger partial charge in [0, 0.05) is 24.8 Å². The Morgan fingerprint density at radius 3 is 2.78 bits per heavy atom. The highest BCUT2D eigenvalue weighted by molar-refractivity contribution is 14.0. The Hall–Kier alpha value is -0.770. The highest BCUT2D eigenvalue weighted by Crippen LogP contribution is 2.26. The maximum absolute atomic E-state index is 6.08. The third-order valence-electron chi connectivity index (χ3n) is 3.62. The lowest BCUT2D eigenvalue weighted by Gasteiger charge is -2.31. The molecule has 0 bridgehead atoms. The van der Waals surface area contributed by atoms with Gasteiger partial charge >= 0.3 is 0 Å². The van der Waals surface area contributed by atoms with Crippen LogP contribution in [0, 0.1) is 0 Å². The zero-order chi connectivity index (χ0) is 15.9. The van der Waals surface area contributed by atoms with Crippen LogP contribution in [0.1, 0.15) is 6.92 Å². The summed E-state index contributed by atoms with van der Waals surface area (Å²) in [5, 5.41) is 3.57. The van der Waals surface area contributed by atoms with Gasteiger partial charge in [-0.2, -0.15) is 0 Å². The largest absolute Gasteiger partial charge is 0.495 e. The maximum atomic E-state index is 6.08. The number of benzene rings is 1. The zero-order valence-electron chi connectivity index (χ0n) is 13.4. The molecule has 1 saturated heterocycles. The van der Waals surface area contributed by atoms with E-state index in [9.17, 15) is 0 Å². The summed E-state index contributed by atoms with van der Waals surface area (Å²) in [6.07, 6.45) is 0. The Kier molecular flexibility index (Phi) is 8.96. The third kappa shape index (κ3) is 6.33. The third-order valence-corrected chi connectivity index (χ3v) is 3.91. The number of nitrogens with zero attached hydrogens (tertiary/aromatic N) is 2. The molecule has 1 unspecified atom stereocenters. The number of hydrogen-bond acceptors (Lipinski definition) is 4. The zero-order valence-corrected chi connectivity index (χ0v) is 16.5. The molecule has 0 radical (unpaired) electrons. The second-order valence-corrected chi connectivity index (χ2v) is 5.60. The van der Waals surface area contributed by atoms with E-state index >= 15 is 0 Å². The van der Waals surface area contributed by atoms with Crippen molar-refractivity contribution in [2.75, 3.05) is 45.3 Å². The minimum absolute atomic E-state index is 0. The second kappa shape index (κ2) is 10.2. The first-order valence-electron chi connectivity index (χ1n) is 7.32. The first-order valence-corrected chi connectivity index (χ1v) is 7.70. The van der Waals surface area contributed by atoms with Gasteiger partial charge in [-0.25, -0.2) is 0 Å². The highest BCUT2D eigenvalue weighted by atomic mass is 127. The van der Waals surface area contributed by atoms with Gasteiger partial charge in [0.05, 0.1) is 31.9 Å². The Bertz CT molecular complexity index is 524. The molecular weight excluding hydrogens is 431 g/mol. The monoisotopic (exact) mass is 454 g/mol. The molecule has 1 heterocycles. The molecule has 1 aliphatic rings. The summed E-state index contributed by atoms with van der Waals surface area (Å²) in [6.45, 7) is 6.24. The van der Waals surface area contributed by atoms with Gasteiger partial charge in [-0.3, -0.25) is 9.89 Å². The van der Waals surface area contributed by atoms with E-state index in [2.05, 4.69) is 22.1 Å². The number of aliphatic imine (C=N–C) groups is 1. The van der Waals surface area contributed by atoms with Crippen molar-refractivity contribution in [2.45, 2.75) is 13.0 Å². The van der Waals surface area contributed by atoms with Crippen LogP contribution in [0.15, 0.2) is 23.2 Å². The van der Waals surface area contributed by atoms with Crippen LogP contribution in [-0.2, 0) is 4.74 Å². The molecule has 0 aromatic heterocycles. The van der Waals surface area contributed by atoms with E-state index in [0.717, 1.165) is 32.0 Å². The molecular formula is C15H24ClIN4O2. The van der Waals surface area contributed by atoms with E-state index in [1.165, 1.54) is 0 Å². The van der Waals surface area contributed by atoms with Crippen molar-refractivity contribution >= 4 is 47.2 Å². The number of ether oxygens (including phenoxy) is 2. The molecule has 23 heavy (non-hydrogen) atoms. The predicted molar refractivity (Wildman–Crippen MR) is 105 cm³/mol. The Morgan fingerprint density at radius 1 is 1.48 bits per heavy atom. The van der Waals surface area contributed by atoms with E-state index in [-0.39, 0.29) is 24.0 Å². The molecule has 8 heteroatoms. The highest BCUT2D eigenvalue weighted by Gasteiger charge is 2.16. The van der Waals surface area contributed by atoms with E-state index in [0.29, 0.717) is 29.3 Å². The summed E-state index contributed by atoms with van der Waals surface area (Å²) in [4.78, 5) is 6.75. The van der Waals surface area contributed by atoms with Crippen molar-refractivity contribution in [3.05, 3.63) is 23.2 Å². The van der Waals surface area contributed by atoms with E-state index < -0.39 is 0 Å². The van der Waals surface area contributed by atoms with Crippen molar-refractivity contribution in [3.63, 3.8) is 0 Å². The minimum Gasteiger partial charge on any atom is -0.495 e. The van der Waals surface area contributed by atoms with Crippen LogP contribution in [-0.4, -0.2) is 56.9 Å². The molecule has 130 valence electrons. The SMILES string of the molecule is COc1ccc(NC(N)=NCC(C)N2CCOCC2)cc1Cl.I. The van der Waals surface area contributed by atoms with Crippen LogP contribution in [0.5, 0.6) is 5.75 Å². The molecule has 1 aromatic carbocycles. The van der Waals surface area contributed by atoms with Crippen molar-refractivity contribution in [1.82, 2.24) is 4.90 Å². The van der Waals surface area contributed by atoms with Crippen molar-refractivity contribution in [2.24, 2.45) is 10.7 Å². The quantitative estimate of drug-likeness (QED) is 0.406. The maximum Gasteiger partial charge on any atom is 0.193 e. The number of hydrogen-bond donors (Lipinski definition) is 2. The van der Waals surface area contributed by atoms with Gasteiger partial charge in [0.1, 0.15) is 5.75 Å². The number of rotatable bonds is 5. The molecule has 1 atom stereocenters. The summed E-state index contributed by atoms with van der Waals surface area (Å²) in [7, 11) is 1.58. The Morgan fingerprint density at radius 2 is 2.17 bits per heavy atom. The van der Waals surface area contributed by atoms with Crippen LogP contribution in [0.2, 0.25) is 5.02 Å². The van der Waals surface area contributed by atoms with Gasteiger partial charge in [-0.15, -0.1) is 24.0 Å². The van der Waals surface area contributed by atoms with E-state index in [1.807, 2.05) is 6.07 Å². The van der Waals surface area contributed by atoms with Gasteiger partial charge in [0.15, 0.2) is 5.96 Å². The van der Waals surface area contributed by atoms with Crippen molar-refractivity contribution in [1.29, 1.82) is 0 Å². The molecule has 1 fully saturated rings. The van der Waals surface area contributed by atoms with Crippen LogP contribution >= 0.6 is 35.6 Å². The first-order chi connectivity index (χ1) is 10.6. The van der Waals surface area contributed by atoms with Crippen LogP contribution < -0.4 is 15.8 Å². The fourth-order valence-corrected chi connectivity index (χ4v) is 2.55. The second-order valence-electron chi connectivity index (χ2n) is 5.20. The van der Waals surface area contributed by atoms with Gasteiger partial charge < -0.3 is 20.5 Å². The molecule has 1 aromatic rings. The van der Waals surface area contributed by atoms with Gasteiger partial charge in [-0.05, 0) is 25.1 Å². The summed E-state index contributed by atoms with van der Waals surface area (Å²) in [5.41, 5.74) is 6.71. The number of halogens is 2. The standard InChI is InChI=1S/C15H23ClN4O2.HI/c1-11(20-5-7-22-8-6-20)10-18-15(17)19-12-3-4-14(21-2)13(16)9-12;/h3-4,9,11H,5-8,10H2,1-2H3,(H3,17,18,19);1H. The normalized spacial score (nSPS) is 17.3. The van der Waals surface area contributed by atoms with Crippen LogP contribution in [0.4, 0.5) is 5.69 Å². The predicted octanol–water partition coefficient (Wildman–Crippen LogP) is 2.41. The summed E-state index contributed by atoms with van der Waals surface area (Å²) in [6, 6.07) is 5.73. The molecule has 0 spiro atoms. The number of nitrogens with one attached hydrogen (secondary N) is 1. The fourth-order valence-electron chi connectivity index (χ4n) is 2.30. The number of nitrogens with two attached hydrogens (primary N) is 1. The number of morpholine rings is 1. The van der Waals surface area contributed by atoms with Gasteiger partial charge in [0.25, 0.3) is 0 Å². The van der Waals surface area contributed by atoms with Crippen molar-refractivity contribution in [3.8, 4) is 5.75 Å². The van der Waals surface area contributed by atoms with E-state index in [4.69, 9.17) is 26.8 Å². The van der Waals surface area contributed by atoms with Gasteiger partial charge in [-0.1, -0.05) is 11.6 Å². The number of methoxy groups -OCH3 is 1. The lowest BCUT2D eigenvalue weighted by atomic mass is 10.2. The lowest BCUT2D eigenvalue weighted by Crippen LogP contribution is -2.43. The Labute approximate surface area is 159 Å². The smallest absolute Gasteiger partial charge is 0.193 e. The van der Waals surface area contributed by atoms with Crippen LogP contribution in [0.25, 0.3) is 0 Å². The lowest BCUT2D eigenvalue weighted by molar-refractivity contribution is 0.0221. The fraction of sp³-hybridized carbons (Fsp3) is 0.533. The molecule has 0 saturated carbocycles. The average molecular weight is 455 g/mol.